The Morgan fingerprint density at radius 1 is 1.47 bits per heavy atom. The molecule has 5 nitrogen and oxygen atoms in total. The van der Waals surface area contributed by atoms with Gasteiger partial charge in [0.15, 0.2) is 5.69 Å². The molecule has 1 aromatic heterocycles. The Hall–Kier alpha value is -1.67. The largest absolute Gasteiger partial charge is 0.367 e. The minimum absolute atomic E-state index is 0.0856. The molecule has 1 unspecified atom stereocenters. The van der Waals surface area contributed by atoms with Crippen LogP contribution in [-0.4, -0.2) is 22.6 Å². The number of aromatic nitrogens is 2. The maximum atomic E-state index is 8.53. The zero-order valence-corrected chi connectivity index (χ0v) is 8.94. The van der Waals surface area contributed by atoms with Gasteiger partial charge in [0, 0.05) is 12.6 Å². The van der Waals surface area contributed by atoms with Crippen LogP contribution < -0.4 is 11.1 Å². The number of hydrogen-bond acceptors (Lipinski definition) is 5. The molecule has 5 heteroatoms. The molecule has 0 amide bonds. The Morgan fingerprint density at radius 2 is 2.20 bits per heavy atom. The second-order valence-corrected chi connectivity index (χ2v) is 3.69. The van der Waals surface area contributed by atoms with Gasteiger partial charge in [0.2, 0.25) is 0 Å². The molecule has 3 N–H and O–H groups in total. The van der Waals surface area contributed by atoms with Gasteiger partial charge in [0.1, 0.15) is 11.9 Å². The van der Waals surface area contributed by atoms with Gasteiger partial charge in [-0.2, -0.15) is 5.26 Å². The van der Waals surface area contributed by atoms with E-state index in [1.807, 2.05) is 6.07 Å². The number of hydrogen-bond donors (Lipinski definition) is 2. The fraction of sp³-hybridized carbons (Fsp3) is 0.500. The summed E-state index contributed by atoms with van der Waals surface area (Å²) in [4.78, 5) is 7.92. The van der Waals surface area contributed by atoms with E-state index in [4.69, 9.17) is 11.0 Å². The average molecular weight is 205 g/mol. The van der Waals surface area contributed by atoms with Crippen LogP contribution in [0.4, 0.5) is 5.82 Å². The van der Waals surface area contributed by atoms with Crippen LogP contribution in [0.25, 0.3) is 0 Å². The van der Waals surface area contributed by atoms with Crippen LogP contribution in [0.1, 0.15) is 19.5 Å². The molecule has 0 fully saturated rings. The summed E-state index contributed by atoms with van der Waals surface area (Å²) in [6.45, 7) is 4.78. The first-order valence-corrected chi connectivity index (χ1v) is 4.85. The van der Waals surface area contributed by atoms with Gasteiger partial charge in [0.25, 0.3) is 0 Å². The van der Waals surface area contributed by atoms with Crippen molar-refractivity contribution in [1.29, 1.82) is 5.26 Å². The lowest BCUT2D eigenvalue weighted by atomic mass is 10.1. The summed E-state index contributed by atoms with van der Waals surface area (Å²) in [7, 11) is 0. The Bertz CT molecular complexity index is 338. The second kappa shape index (κ2) is 5.27. The third-order valence-electron chi connectivity index (χ3n) is 2.14. The van der Waals surface area contributed by atoms with Crippen molar-refractivity contribution in [2.45, 2.75) is 19.9 Å². The van der Waals surface area contributed by atoms with Gasteiger partial charge >= 0.3 is 0 Å². The van der Waals surface area contributed by atoms with Crippen LogP contribution in [0.5, 0.6) is 0 Å². The molecule has 1 atom stereocenters. The van der Waals surface area contributed by atoms with Crippen molar-refractivity contribution in [2.75, 3.05) is 11.9 Å². The SMILES string of the molecule is CC(C)C(N)CNc1cnc(C#N)cn1. The van der Waals surface area contributed by atoms with Crippen LogP contribution in [0, 0.1) is 17.2 Å². The van der Waals surface area contributed by atoms with E-state index in [0.717, 1.165) is 0 Å². The molecule has 0 saturated heterocycles. The van der Waals surface area contributed by atoms with Crippen LogP contribution in [0.2, 0.25) is 0 Å². The summed E-state index contributed by atoms with van der Waals surface area (Å²) in [5.74, 6) is 1.06. The summed E-state index contributed by atoms with van der Waals surface area (Å²) in [6, 6.07) is 2.00. The summed E-state index contributed by atoms with van der Waals surface area (Å²) in [6.07, 6.45) is 2.97. The average Bonchev–Trinajstić information content (AvgIpc) is 2.26. The molecule has 1 heterocycles. The highest BCUT2D eigenvalue weighted by Gasteiger charge is 2.07. The molecule has 1 aromatic rings. The monoisotopic (exact) mass is 205 g/mol. The highest BCUT2D eigenvalue weighted by Crippen LogP contribution is 2.03. The fourth-order valence-corrected chi connectivity index (χ4v) is 0.935. The predicted octanol–water partition coefficient (Wildman–Crippen LogP) is 0.743. The lowest BCUT2D eigenvalue weighted by Crippen LogP contribution is -2.34. The molecular formula is C10H15N5. The third-order valence-corrected chi connectivity index (χ3v) is 2.14. The predicted molar refractivity (Wildman–Crippen MR) is 58.1 cm³/mol. The minimum Gasteiger partial charge on any atom is -0.367 e. The second-order valence-electron chi connectivity index (χ2n) is 3.69. The fourth-order valence-electron chi connectivity index (χ4n) is 0.935. The van der Waals surface area contributed by atoms with Crippen molar-refractivity contribution in [3.63, 3.8) is 0 Å². The maximum Gasteiger partial charge on any atom is 0.158 e. The maximum absolute atomic E-state index is 8.53. The lowest BCUT2D eigenvalue weighted by Gasteiger charge is -2.16. The van der Waals surface area contributed by atoms with Crippen LogP contribution in [0.15, 0.2) is 12.4 Å². The van der Waals surface area contributed by atoms with Crippen molar-refractivity contribution in [1.82, 2.24) is 9.97 Å². The zero-order chi connectivity index (χ0) is 11.3. The number of nitriles is 1. The van der Waals surface area contributed by atoms with Gasteiger partial charge in [-0.1, -0.05) is 13.8 Å². The molecule has 0 bridgehead atoms. The van der Waals surface area contributed by atoms with E-state index in [2.05, 4.69) is 29.1 Å². The van der Waals surface area contributed by atoms with Gasteiger partial charge in [-0.3, -0.25) is 0 Å². The van der Waals surface area contributed by atoms with Crippen LogP contribution in [-0.2, 0) is 0 Å². The standard InChI is InChI=1S/C10H15N5/c1-7(2)9(12)5-15-10-6-13-8(3-11)4-14-10/h4,6-7,9H,5,12H2,1-2H3,(H,14,15). The zero-order valence-electron chi connectivity index (χ0n) is 8.94. The molecule has 0 aliphatic carbocycles. The van der Waals surface area contributed by atoms with Gasteiger partial charge in [-0.05, 0) is 5.92 Å². The van der Waals surface area contributed by atoms with E-state index in [1.165, 1.54) is 12.4 Å². The first kappa shape index (κ1) is 11.4. The van der Waals surface area contributed by atoms with Gasteiger partial charge < -0.3 is 11.1 Å². The van der Waals surface area contributed by atoms with Crippen molar-refractivity contribution >= 4 is 5.82 Å². The van der Waals surface area contributed by atoms with E-state index in [0.29, 0.717) is 24.0 Å². The van der Waals surface area contributed by atoms with E-state index in [9.17, 15) is 0 Å². The van der Waals surface area contributed by atoms with Gasteiger partial charge in [-0.15, -0.1) is 0 Å². The van der Waals surface area contributed by atoms with E-state index in [1.54, 1.807) is 0 Å². The Kier molecular flexibility index (Phi) is 4.01. The molecule has 0 aliphatic heterocycles. The number of nitrogens with two attached hydrogens (primary N) is 1. The Morgan fingerprint density at radius 3 is 2.67 bits per heavy atom. The topological polar surface area (TPSA) is 87.6 Å². The number of nitrogens with one attached hydrogen (secondary N) is 1. The molecule has 80 valence electrons. The van der Waals surface area contributed by atoms with Crippen molar-refractivity contribution in [3.8, 4) is 6.07 Å². The quantitative estimate of drug-likeness (QED) is 0.757. The highest BCUT2D eigenvalue weighted by atomic mass is 15.0. The lowest BCUT2D eigenvalue weighted by molar-refractivity contribution is 0.511. The van der Waals surface area contributed by atoms with Crippen molar-refractivity contribution in [2.24, 2.45) is 11.7 Å². The summed E-state index contributed by atoms with van der Waals surface area (Å²) in [5.41, 5.74) is 6.17. The van der Waals surface area contributed by atoms with E-state index in [-0.39, 0.29) is 6.04 Å². The number of rotatable bonds is 4. The molecular weight excluding hydrogens is 190 g/mol. The van der Waals surface area contributed by atoms with Gasteiger partial charge in [-0.25, -0.2) is 9.97 Å². The van der Waals surface area contributed by atoms with Crippen molar-refractivity contribution < 1.29 is 0 Å². The Labute approximate surface area is 89.3 Å². The van der Waals surface area contributed by atoms with Crippen LogP contribution in [0.3, 0.4) is 0 Å². The molecule has 1 rings (SSSR count). The van der Waals surface area contributed by atoms with E-state index >= 15 is 0 Å². The highest BCUT2D eigenvalue weighted by molar-refractivity contribution is 5.33. The summed E-state index contributed by atoms with van der Waals surface area (Å²) >= 11 is 0. The smallest absolute Gasteiger partial charge is 0.158 e. The first-order chi connectivity index (χ1) is 7.13. The Balaban J connectivity index is 2.48. The number of nitrogens with zero attached hydrogens (tertiary/aromatic N) is 3. The third kappa shape index (κ3) is 3.52. The molecule has 0 saturated carbocycles. The first-order valence-electron chi connectivity index (χ1n) is 4.85. The summed E-state index contributed by atoms with van der Waals surface area (Å²) in [5, 5.41) is 11.6. The minimum atomic E-state index is 0.0856. The van der Waals surface area contributed by atoms with Gasteiger partial charge in [0.05, 0.1) is 12.4 Å². The van der Waals surface area contributed by atoms with Crippen molar-refractivity contribution in [3.05, 3.63) is 18.1 Å². The summed E-state index contributed by atoms with van der Waals surface area (Å²) < 4.78 is 0. The van der Waals surface area contributed by atoms with E-state index < -0.39 is 0 Å². The molecule has 0 aromatic carbocycles. The van der Waals surface area contributed by atoms with Crippen LogP contribution >= 0.6 is 0 Å². The number of anilines is 1. The molecule has 0 spiro atoms. The normalized spacial score (nSPS) is 12.2. The molecule has 0 radical (unpaired) electrons. The molecule has 0 aliphatic rings. The molecule has 15 heavy (non-hydrogen) atoms.